The summed E-state index contributed by atoms with van der Waals surface area (Å²) in [6, 6.07) is 12.0. The molecule has 4 heterocycles. The summed E-state index contributed by atoms with van der Waals surface area (Å²) >= 11 is 0. The van der Waals surface area contributed by atoms with Crippen molar-refractivity contribution in [2.45, 2.75) is 20.0 Å². The second kappa shape index (κ2) is 8.22. The van der Waals surface area contributed by atoms with Crippen LogP contribution in [-0.4, -0.2) is 57.0 Å². The Kier molecular flexibility index (Phi) is 5.11. The van der Waals surface area contributed by atoms with Gasteiger partial charge >= 0.3 is 0 Å². The van der Waals surface area contributed by atoms with Crippen molar-refractivity contribution >= 4 is 22.7 Å². The van der Waals surface area contributed by atoms with E-state index >= 15 is 0 Å². The van der Waals surface area contributed by atoms with Gasteiger partial charge in [0.25, 0.3) is 0 Å². The third-order valence-electron chi connectivity index (χ3n) is 5.33. The third kappa shape index (κ3) is 4.01. The van der Waals surface area contributed by atoms with Gasteiger partial charge in [0.2, 0.25) is 5.95 Å². The summed E-state index contributed by atoms with van der Waals surface area (Å²) in [5.74, 6) is 2.58. The molecule has 3 aromatic heterocycles. The van der Waals surface area contributed by atoms with Crippen LogP contribution in [-0.2, 0) is 0 Å². The Labute approximate surface area is 181 Å². The molecule has 8 nitrogen and oxygen atoms in total. The number of aromatic nitrogens is 5. The number of ether oxygens (including phenoxy) is 1. The van der Waals surface area contributed by atoms with Gasteiger partial charge in [-0.3, -0.25) is 0 Å². The van der Waals surface area contributed by atoms with Crippen LogP contribution in [0.15, 0.2) is 61.2 Å². The first-order chi connectivity index (χ1) is 15.2. The summed E-state index contributed by atoms with van der Waals surface area (Å²) in [5, 5.41) is 5.69. The van der Waals surface area contributed by atoms with Crippen molar-refractivity contribution in [2.24, 2.45) is 0 Å². The maximum atomic E-state index is 5.87. The minimum Gasteiger partial charge on any atom is -0.491 e. The van der Waals surface area contributed by atoms with Crippen LogP contribution < -0.4 is 14.5 Å². The zero-order chi connectivity index (χ0) is 21.2. The molecule has 8 heteroatoms. The topological polar surface area (TPSA) is 72.2 Å². The minimum absolute atomic E-state index is 0.126. The van der Waals surface area contributed by atoms with Crippen LogP contribution in [0.3, 0.4) is 0 Å². The van der Waals surface area contributed by atoms with E-state index in [4.69, 9.17) is 4.74 Å². The van der Waals surface area contributed by atoms with Crippen LogP contribution in [0.1, 0.15) is 13.8 Å². The highest BCUT2D eigenvalue weighted by molar-refractivity contribution is 5.82. The molecule has 0 radical (unpaired) electrons. The van der Waals surface area contributed by atoms with E-state index in [-0.39, 0.29) is 6.10 Å². The van der Waals surface area contributed by atoms with Crippen LogP contribution in [0.25, 0.3) is 16.6 Å². The molecule has 0 saturated carbocycles. The van der Waals surface area contributed by atoms with Gasteiger partial charge in [0, 0.05) is 62.3 Å². The Morgan fingerprint density at radius 1 is 0.871 bits per heavy atom. The first-order valence-corrected chi connectivity index (χ1v) is 10.6. The Morgan fingerprint density at radius 3 is 2.42 bits per heavy atom. The fraction of sp³-hybridized carbons (Fsp3) is 0.304. The number of fused-ring (bicyclic) bond motifs is 1. The summed E-state index contributed by atoms with van der Waals surface area (Å²) in [7, 11) is 0. The van der Waals surface area contributed by atoms with Crippen LogP contribution >= 0.6 is 0 Å². The average molecular weight is 416 g/mol. The normalized spacial score (nSPS) is 14.4. The van der Waals surface area contributed by atoms with Crippen LogP contribution in [0.4, 0.5) is 11.8 Å². The molecule has 1 fully saturated rings. The van der Waals surface area contributed by atoms with Crippen molar-refractivity contribution in [1.29, 1.82) is 0 Å². The maximum absolute atomic E-state index is 5.87. The van der Waals surface area contributed by atoms with Crippen LogP contribution in [0.2, 0.25) is 0 Å². The molecule has 0 unspecified atom stereocenters. The Morgan fingerprint density at radius 2 is 1.65 bits per heavy atom. The molecule has 5 rings (SSSR count). The molecule has 0 N–H and O–H groups in total. The second-order valence-electron chi connectivity index (χ2n) is 7.84. The first kappa shape index (κ1) is 19.3. The molecule has 158 valence electrons. The highest BCUT2D eigenvalue weighted by atomic mass is 16.5. The summed E-state index contributed by atoms with van der Waals surface area (Å²) < 4.78 is 7.82. The lowest BCUT2D eigenvalue weighted by molar-refractivity contribution is 0.242. The van der Waals surface area contributed by atoms with Gasteiger partial charge in [0.15, 0.2) is 0 Å². The number of anilines is 2. The average Bonchev–Trinajstić information content (AvgIpc) is 3.23. The molecular weight excluding hydrogens is 390 g/mol. The van der Waals surface area contributed by atoms with Gasteiger partial charge < -0.3 is 14.5 Å². The lowest BCUT2D eigenvalue weighted by Gasteiger charge is -2.35. The van der Waals surface area contributed by atoms with Crippen molar-refractivity contribution in [2.75, 3.05) is 36.0 Å². The van der Waals surface area contributed by atoms with Crippen LogP contribution in [0, 0.1) is 0 Å². The molecule has 1 aliphatic heterocycles. The van der Waals surface area contributed by atoms with Gasteiger partial charge in [0.1, 0.15) is 11.6 Å². The molecule has 1 aliphatic rings. The number of piperazine rings is 1. The monoisotopic (exact) mass is 415 g/mol. The smallest absolute Gasteiger partial charge is 0.225 e. The summed E-state index contributed by atoms with van der Waals surface area (Å²) in [6.07, 6.45) is 7.42. The fourth-order valence-corrected chi connectivity index (χ4v) is 3.85. The maximum Gasteiger partial charge on any atom is 0.225 e. The van der Waals surface area contributed by atoms with Crippen molar-refractivity contribution in [3.8, 4) is 11.4 Å². The molecule has 31 heavy (non-hydrogen) atoms. The van der Waals surface area contributed by atoms with Gasteiger partial charge in [-0.25, -0.2) is 19.6 Å². The predicted octanol–water partition coefficient (Wildman–Crippen LogP) is 3.32. The zero-order valence-electron chi connectivity index (χ0n) is 17.7. The summed E-state index contributed by atoms with van der Waals surface area (Å²) in [6.45, 7) is 7.50. The molecule has 0 atom stereocenters. The molecular formula is C23H25N7O. The van der Waals surface area contributed by atoms with Crippen molar-refractivity contribution in [1.82, 2.24) is 24.7 Å². The van der Waals surface area contributed by atoms with E-state index in [9.17, 15) is 0 Å². The molecule has 0 spiro atoms. The lowest BCUT2D eigenvalue weighted by atomic mass is 10.2. The quantitative estimate of drug-likeness (QED) is 0.495. The van der Waals surface area contributed by atoms with E-state index in [1.54, 1.807) is 12.4 Å². The largest absolute Gasteiger partial charge is 0.491 e. The van der Waals surface area contributed by atoms with E-state index in [1.807, 2.05) is 61.3 Å². The van der Waals surface area contributed by atoms with Crippen molar-refractivity contribution in [3.63, 3.8) is 0 Å². The fourth-order valence-electron chi connectivity index (χ4n) is 3.85. The Balaban J connectivity index is 1.37. The number of pyridine rings is 1. The van der Waals surface area contributed by atoms with E-state index < -0.39 is 0 Å². The summed E-state index contributed by atoms with van der Waals surface area (Å²) in [5.41, 5.74) is 2.00. The molecule has 1 saturated heterocycles. The Hall–Kier alpha value is -3.68. The van der Waals surface area contributed by atoms with E-state index in [2.05, 4.69) is 35.9 Å². The number of nitrogens with zero attached hydrogens (tertiary/aromatic N) is 7. The molecule has 4 aromatic rings. The van der Waals surface area contributed by atoms with Gasteiger partial charge in [-0.05, 0) is 38.1 Å². The molecule has 0 bridgehead atoms. The predicted molar refractivity (Wildman–Crippen MR) is 121 cm³/mol. The molecule has 0 aliphatic carbocycles. The summed E-state index contributed by atoms with van der Waals surface area (Å²) in [4.78, 5) is 17.8. The zero-order valence-corrected chi connectivity index (χ0v) is 17.7. The van der Waals surface area contributed by atoms with E-state index in [0.717, 1.165) is 60.3 Å². The number of hydrogen-bond donors (Lipinski definition) is 0. The highest BCUT2D eigenvalue weighted by Crippen LogP contribution is 2.25. The van der Waals surface area contributed by atoms with Gasteiger partial charge in [-0.2, -0.15) is 5.10 Å². The number of hydrogen-bond acceptors (Lipinski definition) is 7. The third-order valence-corrected chi connectivity index (χ3v) is 5.33. The highest BCUT2D eigenvalue weighted by Gasteiger charge is 2.20. The molecule has 0 amide bonds. The standard InChI is InChI=1S/C23H25N7O/c1-17(2)31-20-5-4-18-16-27-30(21(18)15-20)19-6-9-24-22(14-19)28-10-12-29(13-11-28)23-25-7-3-8-26-23/h3-9,14-17H,10-13H2,1-2H3. The molecule has 1 aromatic carbocycles. The van der Waals surface area contributed by atoms with Crippen molar-refractivity contribution in [3.05, 3.63) is 61.2 Å². The lowest BCUT2D eigenvalue weighted by Crippen LogP contribution is -2.47. The number of rotatable bonds is 5. The first-order valence-electron chi connectivity index (χ1n) is 10.6. The van der Waals surface area contributed by atoms with Gasteiger partial charge in [-0.15, -0.1) is 0 Å². The second-order valence-corrected chi connectivity index (χ2v) is 7.84. The Bertz CT molecular complexity index is 1170. The van der Waals surface area contributed by atoms with E-state index in [1.165, 1.54) is 0 Å². The van der Waals surface area contributed by atoms with Gasteiger partial charge in [-0.1, -0.05) is 0 Å². The van der Waals surface area contributed by atoms with Gasteiger partial charge in [0.05, 0.1) is 23.5 Å². The van der Waals surface area contributed by atoms with Crippen LogP contribution in [0.5, 0.6) is 5.75 Å². The van der Waals surface area contributed by atoms with Crippen molar-refractivity contribution < 1.29 is 4.74 Å². The SMILES string of the molecule is CC(C)Oc1ccc2cnn(-c3ccnc(N4CCN(c5ncccn5)CC4)c3)c2c1. The number of benzene rings is 1. The minimum atomic E-state index is 0.126. The van der Waals surface area contributed by atoms with E-state index in [0.29, 0.717) is 0 Å².